The van der Waals surface area contributed by atoms with Gasteiger partial charge in [0.05, 0.1) is 5.69 Å². The van der Waals surface area contributed by atoms with Crippen LogP contribution in [0, 0.1) is 0 Å². The van der Waals surface area contributed by atoms with Gasteiger partial charge in [-0.15, -0.1) is 21.6 Å². The highest BCUT2D eigenvalue weighted by atomic mass is 32.1. The molecule has 0 atom stereocenters. The molecule has 130 valence electrons. The van der Waals surface area contributed by atoms with Gasteiger partial charge in [-0.3, -0.25) is 0 Å². The lowest BCUT2D eigenvalue weighted by Crippen LogP contribution is -2.47. The van der Waals surface area contributed by atoms with Gasteiger partial charge < -0.3 is 15.6 Å². The lowest BCUT2D eigenvalue weighted by atomic mass is 9.65. The topological polar surface area (TPSA) is 81.9 Å². The van der Waals surface area contributed by atoms with E-state index in [1.807, 2.05) is 17.5 Å². The lowest BCUT2D eigenvalue weighted by Gasteiger charge is -2.27. The van der Waals surface area contributed by atoms with Crippen LogP contribution in [0.15, 0.2) is 76.4 Å². The van der Waals surface area contributed by atoms with Crippen molar-refractivity contribution >= 4 is 56.7 Å². The Morgan fingerprint density at radius 2 is 1.74 bits per heavy atom. The number of aromatic nitrogens is 1. The molecule has 4 aromatic rings. The summed E-state index contributed by atoms with van der Waals surface area (Å²) >= 11 is 1.42. The molecule has 1 aliphatic rings. The zero-order valence-corrected chi connectivity index (χ0v) is 14.9. The summed E-state index contributed by atoms with van der Waals surface area (Å²) in [6.07, 6.45) is 1.69. The van der Waals surface area contributed by atoms with Crippen LogP contribution in [0.2, 0.25) is 0 Å². The van der Waals surface area contributed by atoms with E-state index in [0.29, 0.717) is 10.8 Å². The first-order chi connectivity index (χ1) is 13.3. The van der Waals surface area contributed by atoms with Crippen LogP contribution >= 0.6 is 11.3 Å². The number of hydrogen-bond donors (Lipinski definition) is 3. The summed E-state index contributed by atoms with van der Waals surface area (Å²) < 4.78 is 0. The molecule has 5 rings (SSSR count). The molecule has 3 N–H and O–H groups in total. The molecule has 1 aliphatic heterocycles. The van der Waals surface area contributed by atoms with Crippen LogP contribution in [0.25, 0.3) is 10.8 Å². The highest BCUT2D eigenvalue weighted by molar-refractivity contribution is 7.13. The fraction of sp³-hybridized carbons (Fsp3) is 0. The molecule has 0 fully saturated rings. The van der Waals surface area contributed by atoms with E-state index in [4.69, 9.17) is 0 Å². The zero-order valence-electron chi connectivity index (χ0n) is 14.1. The van der Waals surface area contributed by atoms with E-state index in [1.165, 1.54) is 16.7 Å². The van der Waals surface area contributed by atoms with Gasteiger partial charge >= 0.3 is 6.98 Å². The Hall–Kier alpha value is -3.39. The van der Waals surface area contributed by atoms with Crippen molar-refractivity contribution in [1.29, 1.82) is 0 Å². The Morgan fingerprint density at radius 3 is 2.44 bits per heavy atom. The average molecular weight is 371 g/mol. The monoisotopic (exact) mass is 371 g/mol. The molecule has 6 nitrogen and oxygen atoms in total. The number of benzene rings is 3. The number of nitrogens with one attached hydrogen (secondary N) is 2. The van der Waals surface area contributed by atoms with E-state index in [2.05, 4.69) is 49.9 Å². The molecule has 0 radical (unpaired) electrons. The standard InChI is InChI=1S/C19H14BN5OS/c26-13-7-8-15(24-25-19-21-9-10-27-19)14(11-13)20-22-16-5-1-3-12-4-2-6-17(23-20)18(12)16/h1-11,22-23,26H. The Labute approximate surface area is 159 Å². The van der Waals surface area contributed by atoms with Crippen LogP contribution in [0.5, 0.6) is 5.75 Å². The van der Waals surface area contributed by atoms with Crippen molar-refractivity contribution < 1.29 is 5.11 Å². The Kier molecular flexibility index (Phi) is 3.76. The van der Waals surface area contributed by atoms with Gasteiger partial charge in [-0.05, 0) is 41.2 Å². The number of rotatable bonds is 3. The summed E-state index contributed by atoms with van der Waals surface area (Å²) in [6.45, 7) is -0.247. The molecule has 0 saturated heterocycles. The van der Waals surface area contributed by atoms with Crippen molar-refractivity contribution in [3.8, 4) is 5.75 Å². The normalized spacial score (nSPS) is 13.0. The summed E-state index contributed by atoms with van der Waals surface area (Å²) in [4.78, 5) is 4.12. The number of thiazole rings is 1. The molecule has 0 bridgehead atoms. The first kappa shape index (κ1) is 15.8. The predicted molar refractivity (Wildman–Crippen MR) is 111 cm³/mol. The van der Waals surface area contributed by atoms with Crippen molar-refractivity contribution in [1.82, 2.24) is 4.98 Å². The van der Waals surface area contributed by atoms with E-state index >= 15 is 0 Å². The average Bonchev–Trinajstić information content (AvgIpc) is 3.21. The third-order valence-corrected chi connectivity index (χ3v) is 5.14. The largest absolute Gasteiger partial charge is 0.508 e. The van der Waals surface area contributed by atoms with Crippen molar-refractivity contribution in [3.05, 3.63) is 66.2 Å². The first-order valence-electron chi connectivity index (χ1n) is 8.47. The molecule has 3 aromatic carbocycles. The SMILES string of the molecule is Oc1ccc(N=Nc2nccs2)c(B2Nc3cccc4cccc(c34)N2)c1. The number of anilines is 2. The molecule has 0 aliphatic carbocycles. The molecule has 1 aromatic heterocycles. The van der Waals surface area contributed by atoms with Gasteiger partial charge in [0.2, 0.25) is 5.13 Å². The molecule has 8 heteroatoms. The van der Waals surface area contributed by atoms with Gasteiger partial charge in [-0.2, -0.15) is 0 Å². The van der Waals surface area contributed by atoms with Crippen molar-refractivity contribution in [3.63, 3.8) is 0 Å². The number of aromatic hydroxyl groups is 1. The molecular formula is C19H14BN5OS. The molecule has 0 spiro atoms. The van der Waals surface area contributed by atoms with E-state index in [0.717, 1.165) is 22.2 Å². The third kappa shape index (κ3) is 2.90. The number of hydrogen-bond acceptors (Lipinski definition) is 7. The molecule has 0 unspecified atom stereocenters. The van der Waals surface area contributed by atoms with Crippen LogP contribution in [-0.2, 0) is 0 Å². The van der Waals surface area contributed by atoms with Crippen LogP contribution in [-0.4, -0.2) is 17.1 Å². The molecule has 0 amide bonds. The van der Waals surface area contributed by atoms with Crippen molar-refractivity contribution in [2.45, 2.75) is 0 Å². The second-order valence-corrected chi connectivity index (χ2v) is 7.06. The smallest absolute Gasteiger partial charge is 0.408 e. The van der Waals surface area contributed by atoms with Crippen LogP contribution in [0.3, 0.4) is 0 Å². The fourth-order valence-corrected chi connectivity index (χ4v) is 3.76. The number of phenolic OH excluding ortho intramolecular Hbond substituents is 1. The minimum Gasteiger partial charge on any atom is -0.508 e. The van der Waals surface area contributed by atoms with E-state index < -0.39 is 0 Å². The highest BCUT2D eigenvalue weighted by Crippen LogP contribution is 2.34. The Balaban J connectivity index is 1.56. The van der Waals surface area contributed by atoms with Gasteiger partial charge in [0.25, 0.3) is 0 Å². The minimum absolute atomic E-state index is 0.180. The van der Waals surface area contributed by atoms with Crippen LogP contribution in [0.1, 0.15) is 0 Å². The van der Waals surface area contributed by atoms with E-state index in [9.17, 15) is 5.11 Å². The van der Waals surface area contributed by atoms with Crippen molar-refractivity contribution in [2.24, 2.45) is 10.2 Å². The first-order valence-corrected chi connectivity index (χ1v) is 9.35. The molecular weight excluding hydrogens is 357 g/mol. The number of nitrogens with zero attached hydrogens (tertiary/aromatic N) is 3. The quantitative estimate of drug-likeness (QED) is 0.362. The third-order valence-electron chi connectivity index (χ3n) is 4.49. The van der Waals surface area contributed by atoms with Gasteiger partial charge in [-0.25, -0.2) is 4.98 Å². The predicted octanol–water partition coefficient (Wildman–Crippen LogP) is 4.65. The lowest BCUT2D eigenvalue weighted by molar-refractivity contribution is 0.476. The summed E-state index contributed by atoms with van der Waals surface area (Å²) in [5.74, 6) is 0.180. The second-order valence-electron chi connectivity index (χ2n) is 6.19. The van der Waals surface area contributed by atoms with Gasteiger partial charge in [0.1, 0.15) is 5.75 Å². The zero-order chi connectivity index (χ0) is 18.2. The molecule has 2 heterocycles. The maximum atomic E-state index is 10.0. The number of azo groups is 1. The summed E-state index contributed by atoms with van der Waals surface area (Å²) in [7, 11) is 0. The second kappa shape index (κ2) is 6.41. The highest BCUT2D eigenvalue weighted by Gasteiger charge is 2.28. The van der Waals surface area contributed by atoms with Gasteiger partial charge in [0, 0.05) is 28.3 Å². The Morgan fingerprint density at radius 1 is 0.963 bits per heavy atom. The summed E-state index contributed by atoms with van der Waals surface area (Å²) in [6, 6.07) is 17.4. The fourth-order valence-electron chi connectivity index (χ4n) is 3.31. The van der Waals surface area contributed by atoms with Gasteiger partial charge in [-0.1, -0.05) is 24.3 Å². The Bertz CT molecular complexity index is 1120. The van der Waals surface area contributed by atoms with Crippen LogP contribution in [0.4, 0.5) is 22.2 Å². The summed E-state index contributed by atoms with van der Waals surface area (Å²) in [5, 5.41) is 30.4. The molecule has 27 heavy (non-hydrogen) atoms. The van der Waals surface area contributed by atoms with Crippen molar-refractivity contribution in [2.75, 3.05) is 10.5 Å². The number of phenols is 1. The van der Waals surface area contributed by atoms with E-state index in [1.54, 1.807) is 24.4 Å². The molecule has 0 saturated carbocycles. The van der Waals surface area contributed by atoms with Crippen LogP contribution < -0.4 is 15.9 Å². The summed E-state index contributed by atoms with van der Waals surface area (Å²) in [5.41, 5.74) is 3.55. The maximum absolute atomic E-state index is 10.0. The van der Waals surface area contributed by atoms with Gasteiger partial charge in [0.15, 0.2) is 0 Å². The van der Waals surface area contributed by atoms with E-state index in [-0.39, 0.29) is 12.7 Å². The minimum atomic E-state index is -0.247. The maximum Gasteiger partial charge on any atom is 0.408 e.